The van der Waals surface area contributed by atoms with Gasteiger partial charge < -0.3 is 15.3 Å². The number of piperazine rings is 1. The Kier molecular flexibility index (Phi) is 5.38. The van der Waals surface area contributed by atoms with E-state index >= 15 is 0 Å². The second-order valence-electron chi connectivity index (χ2n) is 10.8. The zero-order chi connectivity index (χ0) is 22.4. The van der Waals surface area contributed by atoms with Crippen LogP contribution in [0.5, 0.6) is 0 Å². The SMILES string of the molecule is O=C(N[C@H]1C2CC3CC1C[C@](O)(C3)C2)c1cccc(N2CCN(Cc3ccccc3)CC2)n1. The summed E-state index contributed by atoms with van der Waals surface area (Å²) in [4.78, 5) is 22.7. The number of nitrogens with one attached hydrogen (secondary N) is 1. The maximum Gasteiger partial charge on any atom is 0.270 e. The van der Waals surface area contributed by atoms with Crippen molar-refractivity contribution in [3.63, 3.8) is 0 Å². The molecular formula is C27H34N4O2. The van der Waals surface area contributed by atoms with Gasteiger partial charge in [-0.1, -0.05) is 36.4 Å². The highest BCUT2D eigenvalue weighted by Crippen LogP contribution is 2.55. The van der Waals surface area contributed by atoms with Gasteiger partial charge in [0, 0.05) is 38.8 Å². The average molecular weight is 447 g/mol. The van der Waals surface area contributed by atoms with Crippen molar-refractivity contribution in [2.24, 2.45) is 17.8 Å². The van der Waals surface area contributed by atoms with Gasteiger partial charge in [-0.05, 0) is 67.6 Å². The highest BCUT2D eigenvalue weighted by Gasteiger charge is 2.55. The quantitative estimate of drug-likeness (QED) is 0.739. The van der Waals surface area contributed by atoms with Crippen molar-refractivity contribution in [2.75, 3.05) is 31.1 Å². The third-order valence-electron chi connectivity index (χ3n) is 8.45. The minimum Gasteiger partial charge on any atom is -0.390 e. The molecule has 0 spiro atoms. The van der Waals surface area contributed by atoms with Crippen molar-refractivity contribution in [2.45, 2.75) is 50.3 Å². The molecule has 6 heteroatoms. The molecule has 2 heterocycles. The van der Waals surface area contributed by atoms with Crippen molar-refractivity contribution in [1.29, 1.82) is 0 Å². The predicted molar refractivity (Wildman–Crippen MR) is 128 cm³/mol. The smallest absolute Gasteiger partial charge is 0.270 e. The number of nitrogens with zero attached hydrogens (tertiary/aromatic N) is 3. The minimum absolute atomic E-state index is 0.0657. The van der Waals surface area contributed by atoms with E-state index in [1.165, 1.54) is 5.56 Å². The summed E-state index contributed by atoms with van der Waals surface area (Å²) in [5, 5.41) is 14.1. The van der Waals surface area contributed by atoms with E-state index in [1.54, 1.807) is 0 Å². The molecular weight excluding hydrogens is 412 g/mol. The second-order valence-corrected chi connectivity index (χ2v) is 10.8. The van der Waals surface area contributed by atoms with Crippen LogP contribution in [-0.2, 0) is 6.54 Å². The average Bonchev–Trinajstić information content (AvgIpc) is 2.81. The first-order valence-electron chi connectivity index (χ1n) is 12.6. The molecule has 1 aromatic carbocycles. The van der Waals surface area contributed by atoms with Gasteiger partial charge in [0.05, 0.1) is 5.60 Å². The second kappa shape index (κ2) is 8.41. The van der Waals surface area contributed by atoms with Gasteiger partial charge >= 0.3 is 0 Å². The van der Waals surface area contributed by atoms with E-state index in [-0.39, 0.29) is 11.9 Å². The normalized spacial score (nSPS) is 33.3. The highest BCUT2D eigenvalue weighted by molar-refractivity contribution is 5.93. The van der Waals surface area contributed by atoms with E-state index in [0.717, 1.165) is 70.6 Å². The Bertz CT molecular complexity index is 988. The van der Waals surface area contributed by atoms with E-state index in [9.17, 15) is 9.90 Å². The summed E-state index contributed by atoms with van der Waals surface area (Å²) in [7, 11) is 0. The molecule has 1 saturated heterocycles. The van der Waals surface area contributed by atoms with Crippen molar-refractivity contribution in [3.8, 4) is 0 Å². The van der Waals surface area contributed by atoms with Crippen molar-refractivity contribution in [1.82, 2.24) is 15.2 Å². The Morgan fingerprint density at radius 1 is 0.970 bits per heavy atom. The number of carbonyl (C=O) groups excluding carboxylic acids is 1. The molecule has 174 valence electrons. The lowest BCUT2D eigenvalue weighted by molar-refractivity contribution is -0.136. The first kappa shape index (κ1) is 21.1. The lowest BCUT2D eigenvalue weighted by Crippen LogP contribution is -2.61. The molecule has 4 aliphatic carbocycles. The number of aromatic nitrogens is 1. The number of carbonyl (C=O) groups is 1. The van der Waals surface area contributed by atoms with E-state index in [1.807, 2.05) is 18.2 Å². The summed E-state index contributed by atoms with van der Waals surface area (Å²) < 4.78 is 0. The predicted octanol–water partition coefficient (Wildman–Crippen LogP) is 3.07. The van der Waals surface area contributed by atoms with Crippen LogP contribution in [0.2, 0.25) is 0 Å². The molecule has 5 fully saturated rings. The summed E-state index contributed by atoms with van der Waals surface area (Å²) in [6.07, 6.45) is 4.93. The minimum atomic E-state index is -0.474. The third kappa shape index (κ3) is 4.26. The molecule has 33 heavy (non-hydrogen) atoms. The van der Waals surface area contributed by atoms with Gasteiger partial charge in [-0.3, -0.25) is 9.69 Å². The molecule has 1 amide bonds. The van der Waals surface area contributed by atoms with Gasteiger partial charge in [-0.15, -0.1) is 0 Å². The monoisotopic (exact) mass is 446 g/mol. The zero-order valence-corrected chi connectivity index (χ0v) is 19.2. The molecule has 7 rings (SSSR count). The first-order chi connectivity index (χ1) is 16.0. The molecule has 0 radical (unpaired) electrons. The molecule has 2 atom stereocenters. The van der Waals surface area contributed by atoms with Crippen LogP contribution in [-0.4, -0.2) is 58.7 Å². The van der Waals surface area contributed by atoms with E-state index in [0.29, 0.717) is 23.4 Å². The van der Waals surface area contributed by atoms with Gasteiger partial charge in [-0.2, -0.15) is 0 Å². The van der Waals surface area contributed by atoms with E-state index < -0.39 is 5.60 Å². The standard InChI is InChI=1S/C27H34N4O2/c32-26(29-25-21-13-20-14-22(25)17-27(33,15-20)16-21)23-7-4-8-24(28-23)31-11-9-30(10-12-31)18-19-5-2-1-3-6-19/h1-8,20-22,25,33H,9-18H2,(H,29,32)/t20?,21?,22?,25-,27-. The largest absolute Gasteiger partial charge is 0.390 e. The fourth-order valence-electron chi connectivity index (χ4n) is 7.14. The van der Waals surface area contributed by atoms with Crippen LogP contribution in [0.25, 0.3) is 0 Å². The summed E-state index contributed by atoms with van der Waals surface area (Å²) in [5.41, 5.74) is 1.38. The van der Waals surface area contributed by atoms with Gasteiger partial charge in [0.15, 0.2) is 0 Å². The van der Waals surface area contributed by atoms with Gasteiger partial charge in [-0.25, -0.2) is 4.98 Å². The number of benzene rings is 1. The summed E-state index contributed by atoms with van der Waals surface area (Å²) in [5.74, 6) is 2.28. The maximum atomic E-state index is 13.1. The molecule has 1 aliphatic heterocycles. The molecule has 6 nitrogen and oxygen atoms in total. The molecule has 4 bridgehead atoms. The van der Waals surface area contributed by atoms with E-state index in [4.69, 9.17) is 4.98 Å². The summed E-state index contributed by atoms with van der Waals surface area (Å²) in [6, 6.07) is 16.6. The number of pyridine rings is 1. The Morgan fingerprint density at radius 2 is 1.70 bits per heavy atom. The van der Waals surface area contributed by atoms with Crippen LogP contribution in [0.1, 0.15) is 48.2 Å². The Labute approximate surface area is 196 Å². The Morgan fingerprint density at radius 3 is 2.39 bits per heavy atom. The highest BCUT2D eigenvalue weighted by atomic mass is 16.3. The molecule has 2 unspecified atom stereocenters. The van der Waals surface area contributed by atoms with Crippen molar-refractivity contribution >= 4 is 11.7 Å². The molecule has 2 aromatic rings. The van der Waals surface area contributed by atoms with Crippen molar-refractivity contribution < 1.29 is 9.90 Å². The Hall–Kier alpha value is -2.44. The number of aliphatic hydroxyl groups is 1. The van der Waals surface area contributed by atoms with Gasteiger partial charge in [0.2, 0.25) is 0 Å². The maximum absolute atomic E-state index is 13.1. The Balaban J connectivity index is 1.08. The molecule has 5 aliphatic rings. The molecule has 4 saturated carbocycles. The van der Waals surface area contributed by atoms with Crippen LogP contribution in [0.3, 0.4) is 0 Å². The molecule has 1 aromatic heterocycles. The number of hydrogen-bond acceptors (Lipinski definition) is 5. The summed E-state index contributed by atoms with van der Waals surface area (Å²) >= 11 is 0. The lowest BCUT2D eigenvalue weighted by atomic mass is 9.52. The number of anilines is 1. The van der Waals surface area contributed by atoms with Crippen LogP contribution < -0.4 is 10.2 Å². The fourth-order valence-corrected chi connectivity index (χ4v) is 7.14. The van der Waals surface area contributed by atoms with Crippen LogP contribution >= 0.6 is 0 Å². The topological polar surface area (TPSA) is 68.7 Å². The third-order valence-corrected chi connectivity index (χ3v) is 8.45. The van der Waals surface area contributed by atoms with Crippen LogP contribution in [0.4, 0.5) is 5.82 Å². The van der Waals surface area contributed by atoms with Crippen LogP contribution in [0.15, 0.2) is 48.5 Å². The number of amides is 1. The lowest BCUT2D eigenvalue weighted by Gasteiger charge is -2.58. The molecule has 2 N–H and O–H groups in total. The van der Waals surface area contributed by atoms with Crippen molar-refractivity contribution in [3.05, 3.63) is 59.8 Å². The summed E-state index contributed by atoms with van der Waals surface area (Å²) in [6.45, 7) is 4.78. The van der Waals surface area contributed by atoms with Crippen LogP contribution in [0, 0.1) is 17.8 Å². The first-order valence-corrected chi connectivity index (χ1v) is 12.6. The zero-order valence-electron chi connectivity index (χ0n) is 19.2. The number of rotatable bonds is 5. The number of hydrogen-bond donors (Lipinski definition) is 2. The fraction of sp³-hybridized carbons (Fsp3) is 0.556. The van der Waals surface area contributed by atoms with Gasteiger partial charge in [0.25, 0.3) is 5.91 Å². The van der Waals surface area contributed by atoms with Gasteiger partial charge in [0.1, 0.15) is 11.5 Å². The van der Waals surface area contributed by atoms with E-state index in [2.05, 4.69) is 45.4 Å².